The van der Waals surface area contributed by atoms with Gasteiger partial charge in [-0.25, -0.2) is 0 Å². The summed E-state index contributed by atoms with van der Waals surface area (Å²) in [7, 11) is 1.65. The molecule has 100 valence electrons. The quantitative estimate of drug-likeness (QED) is 0.784. The van der Waals surface area contributed by atoms with E-state index in [9.17, 15) is 4.79 Å². The van der Waals surface area contributed by atoms with Gasteiger partial charge in [0.2, 0.25) is 5.91 Å². The first-order valence-corrected chi connectivity index (χ1v) is 6.40. The van der Waals surface area contributed by atoms with E-state index in [0.717, 1.165) is 25.7 Å². The van der Waals surface area contributed by atoms with Crippen LogP contribution in [0.3, 0.4) is 0 Å². The van der Waals surface area contributed by atoms with Crippen LogP contribution in [0.1, 0.15) is 46.5 Å². The normalized spacial score (nSPS) is 30.1. The van der Waals surface area contributed by atoms with E-state index < -0.39 is 0 Å². The molecule has 1 fully saturated rings. The van der Waals surface area contributed by atoms with Crippen molar-refractivity contribution in [3.05, 3.63) is 0 Å². The van der Waals surface area contributed by atoms with Crippen molar-refractivity contribution in [2.45, 2.75) is 57.6 Å². The van der Waals surface area contributed by atoms with E-state index in [0.29, 0.717) is 6.54 Å². The molecule has 0 radical (unpaired) electrons. The molecule has 0 spiro atoms. The Morgan fingerprint density at radius 3 is 2.71 bits per heavy atom. The van der Waals surface area contributed by atoms with Crippen molar-refractivity contribution in [1.82, 2.24) is 5.32 Å². The fourth-order valence-corrected chi connectivity index (χ4v) is 2.28. The van der Waals surface area contributed by atoms with Crippen molar-refractivity contribution in [3.8, 4) is 0 Å². The largest absolute Gasteiger partial charge is 0.377 e. The molecular weight excluding hydrogens is 216 g/mol. The van der Waals surface area contributed by atoms with Gasteiger partial charge in [-0.1, -0.05) is 12.8 Å². The number of nitrogens with one attached hydrogen (secondary N) is 1. The number of hydrogen-bond acceptors (Lipinski definition) is 3. The highest BCUT2D eigenvalue weighted by molar-refractivity contribution is 5.80. The van der Waals surface area contributed by atoms with Crippen molar-refractivity contribution < 1.29 is 9.53 Å². The highest BCUT2D eigenvalue weighted by Crippen LogP contribution is 2.31. The van der Waals surface area contributed by atoms with Crippen LogP contribution in [0.4, 0.5) is 0 Å². The van der Waals surface area contributed by atoms with Gasteiger partial charge >= 0.3 is 0 Å². The predicted molar refractivity (Wildman–Crippen MR) is 68.6 cm³/mol. The Hall–Kier alpha value is -0.610. The molecule has 4 nitrogen and oxygen atoms in total. The molecule has 0 heterocycles. The molecule has 1 aliphatic carbocycles. The first kappa shape index (κ1) is 14.5. The number of carbonyl (C=O) groups is 1. The Balaban J connectivity index is 2.52. The summed E-state index contributed by atoms with van der Waals surface area (Å²) >= 11 is 0. The Kier molecular flexibility index (Phi) is 4.55. The molecule has 1 rings (SSSR count). The van der Waals surface area contributed by atoms with Crippen molar-refractivity contribution in [3.63, 3.8) is 0 Å². The van der Waals surface area contributed by atoms with Crippen LogP contribution in [0.15, 0.2) is 0 Å². The van der Waals surface area contributed by atoms with E-state index >= 15 is 0 Å². The minimum atomic E-state index is -0.362. The van der Waals surface area contributed by atoms with E-state index in [4.69, 9.17) is 10.5 Å². The highest BCUT2D eigenvalue weighted by atomic mass is 16.5. The summed E-state index contributed by atoms with van der Waals surface area (Å²) in [6.07, 6.45) is 4.05. The van der Waals surface area contributed by atoms with Crippen molar-refractivity contribution in [1.29, 1.82) is 0 Å². The van der Waals surface area contributed by atoms with Crippen LogP contribution in [-0.4, -0.2) is 30.7 Å². The lowest BCUT2D eigenvalue weighted by Gasteiger charge is -2.37. The second-order valence-corrected chi connectivity index (χ2v) is 5.99. The molecule has 0 aromatic heterocycles. The smallest absolute Gasteiger partial charge is 0.225 e. The van der Waals surface area contributed by atoms with Crippen LogP contribution in [-0.2, 0) is 9.53 Å². The van der Waals surface area contributed by atoms with Crippen molar-refractivity contribution in [2.75, 3.05) is 13.7 Å². The van der Waals surface area contributed by atoms with E-state index in [-0.39, 0.29) is 23.0 Å². The molecule has 1 amide bonds. The Labute approximate surface area is 104 Å². The van der Waals surface area contributed by atoms with Gasteiger partial charge in [0.05, 0.1) is 11.5 Å². The standard InChI is InChI=1S/C13H26N2O2/c1-12(2,17-4)9-15-11(16)10-7-5-6-8-13(10,3)14/h10H,5-9,14H2,1-4H3,(H,15,16). The molecule has 2 unspecified atom stereocenters. The van der Waals surface area contributed by atoms with E-state index in [1.807, 2.05) is 20.8 Å². The summed E-state index contributed by atoms with van der Waals surface area (Å²) in [5, 5.41) is 2.96. The number of ether oxygens (including phenoxy) is 1. The van der Waals surface area contributed by atoms with Crippen molar-refractivity contribution in [2.24, 2.45) is 11.7 Å². The molecule has 0 aromatic rings. The third-order valence-electron chi connectivity index (χ3n) is 3.81. The number of carbonyl (C=O) groups excluding carboxylic acids is 1. The lowest BCUT2D eigenvalue weighted by atomic mass is 9.74. The van der Waals surface area contributed by atoms with Gasteiger partial charge in [-0.15, -0.1) is 0 Å². The molecular formula is C13H26N2O2. The van der Waals surface area contributed by atoms with Crippen LogP contribution < -0.4 is 11.1 Å². The van der Waals surface area contributed by atoms with Crippen LogP contribution in [0, 0.1) is 5.92 Å². The average molecular weight is 242 g/mol. The lowest BCUT2D eigenvalue weighted by molar-refractivity contribution is -0.129. The van der Waals surface area contributed by atoms with Crippen LogP contribution in [0.5, 0.6) is 0 Å². The van der Waals surface area contributed by atoms with Crippen molar-refractivity contribution >= 4 is 5.91 Å². The Morgan fingerprint density at radius 2 is 2.18 bits per heavy atom. The van der Waals surface area contributed by atoms with Gasteiger partial charge in [-0.05, 0) is 33.6 Å². The summed E-state index contributed by atoms with van der Waals surface area (Å²) < 4.78 is 5.28. The molecule has 0 bridgehead atoms. The van der Waals surface area contributed by atoms with Crippen LogP contribution in [0.2, 0.25) is 0 Å². The van der Waals surface area contributed by atoms with Crippen LogP contribution >= 0.6 is 0 Å². The van der Waals surface area contributed by atoms with E-state index in [1.165, 1.54) is 0 Å². The van der Waals surface area contributed by atoms with Gasteiger partial charge in [-0.2, -0.15) is 0 Å². The molecule has 0 aromatic carbocycles. The number of hydrogen-bond donors (Lipinski definition) is 2. The van der Waals surface area contributed by atoms with Gasteiger partial charge in [0.1, 0.15) is 0 Å². The zero-order chi connectivity index (χ0) is 13.1. The summed E-state index contributed by atoms with van der Waals surface area (Å²) in [5.74, 6) is 0.00345. The Bertz CT molecular complexity index is 275. The summed E-state index contributed by atoms with van der Waals surface area (Å²) in [6, 6.07) is 0. The summed E-state index contributed by atoms with van der Waals surface area (Å²) in [4.78, 5) is 12.1. The number of methoxy groups -OCH3 is 1. The first-order valence-electron chi connectivity index (χ1n) is 6.40. The highest BCUT2D eigenvalue weighted by Gasteiger charge is 2.38. The fourth-order valence-electron chi connectivity index (χ4n) is 2.28. The average Bonchev–Trinajstić information content (AvgIpc) is 2.25. The molecule has 4 heteroatoms. The van der Waals surface area contributed by atoms with E-state index in [1.54, 1.807) is 7.11 Å². The first-order chi connectivity index (χ1) is 7.78. The third kappa shape index (κ3) is 3.96. The second kappa shape index (κ2) is 5.36. The monoisotopic (exact) mass is 242 g/mol. The van der Waals surface area contributed by atoms with E-state index in [2.05, 4.69) is 5.32 Å². The Morgan fingerprint density at radius 1 is 1.53 bits per heavy atom. The molecule has 2 atom stereocenters. The third-order valence-corrected chi connectivity index (χ3v) is 3.81. The summed E-state index contributed by atoms with van der Waals surface area (Å²) in [6.45, 7) is 6.42. The molecule has 0 aliphatic heterocycles. The van der Waals surface area contributed by atoms with Gasteiger partial charge in [0, 0.05) is 19.2 Å². The number of nitrogens with two attached hydrogens (primary N) is 1. The minimum Gasteiger partial charge on any atom is -0.377 e. The fraction of sp³-hybridized carbons (Fsp3) is 0.923. The second-order valence-electron chi connectivity index (χ2n) is 5.99. The van der Waals surface area contributed by atoms with Crippen LogP contribution in [0.25, 0.3) is 0 Å². The SMILES string of the molecule is COC(C)(C)CNC(=O)C1CCCCC1(C)N. The number of rotatable bonds is 4. The van der Waals surface area contributed by atoms with Gasteiger partial charge in [-0.3, -0.25) is 4.79 Å². The molecule has 0 saturated heterocycles. The molecule has 17 heavy (non-hydrogen) atoms. The maximum atomic E-state index is 12.1. The zero-order valence-electron chi connectivity index (χ0n) is 11.5. The molecule has 1 saturated carbocycles. The molecule has 1 aliphatic rings. The molecule has 3 N–H and O–H groups in total. The minimum absolute atomic E-state index is 0.0658. The predicted octanol–water partition coefficient (Wildman–Crippen LogP) is 1.44. The topological polar surface area (TPSA) is 64.3 Å². The van der Waals surface area contributed by atoms with Gasteiger partial charge < -0.3 is 15.8 Å². The zero-order valence-corrected chi connectivity index (χ0v) is 11.5. The van der Waals surface area contributed by atoms with Gasteiger partial charge in [0.25, 0.3) is 0 Å². The summed E-state index contributed by atoms with van der Waals surface area (Å²) in [5.41, 5.74) is 5.52. The number of amides is 1. The van der Waals surface area contributed by atoms with Gasteiger partial charge in [0.15, 0.2) is 0 Å². The maximum absolute atomic E-state index is 12.1. The maximum Gasteiger partial charge on any atom is 0.225 e. The lowest BCUT2D eigenvalue weighted by Crippen LogP contribution is -2.54.